The van der Waals surface area contributed by atoms with Gasteiger partial charge in [0.2, 0.25) is 5.78 Å². The average molecular weight is 461 g/mol. The van der Waals surface area contributed by atoms with Crippen LogP contribution in [0.1, 0.15) is 28.4 Å². The Hall–Kier alpha value is -4.07. The van der Waals surface area contributed by atoms with Crippen LogP contribution >= 0.6 is 0 Å². The molecule has 1 amide bonds. The normalized spacial score (nSPS) is 17.7. The molecule has 0 saturated carbocycles. The lowest BCUT2D eigenvalue weighted by Gasteiger charge is -2.27. The number of ketones is 2. The van der Waals surface area contributed by atoms with Crippen molar-refractivity contribution < 1.29 is 23.5 Å². The number of ether oxygens (including phenoxy) is 1. The Kier molecular flexibility index (Phi) is 6.96. The highest BCUT2D eigenvalue weighted by Crippen LogP contribution is 2.39. The second kappa shape index (κ2) is 10.2. The molecule has 0 aliphatic carbocycles. The molecular formula is C26H24FN3O4. The van der Waals surface area contributed by atoms with E-state index in [0.717, 1.165) is 12.1 Å². The number of rotatable bonds is 10. The summed E-state index contributed by atoms with van der Waals surface area (Å²) in [5.41, 5.74) is 0.792. The van der Waals surface area contributed by atoms with Crippen LogP contribution in [0.4, 0.5) is 4.39 Å². The van der Waals surface area contributed by atoms with E-state index in [1.807, 2.05) is 10.8 Å². The van der Waals surface area contributed by atoms with Crippen molar-refractivity contribution in [3.63, 3.8) is 0 Å². The van der Waals surface area contributed by atoms with Gasteiger partial charge in [-0.15, -0.1) is 0 Å². The van der Waals surface area contributed by atoms with Crippen LogP contribution in [0.2, 0.25) is 0 Å². The van der Waals surface area contributed by atoms with Gasteiger partial charge in [-0.25, -0.2) is 9.37 Å². The number of aryl methyl sites for hydroxylation is 1. The van der Waals surface area contributed by atoms with Gasteiger partial charge in [0.1, 0.15) is 24.1 Å². The largest absolute Gasteiger partial charge is 0.490 e. The molecule has 1 aromatic heterocycles. The summed E-state index contributed by atoms with van der Waals surface area (Å²) in [5.74, 6) is -3.17. The van der Waals surface area contributed by atoms with Crippen LogP contribution in [-0.4, -0.2) is 45.1 Å². The van der Waals surface area contributed by atoms with Crippen LogP contribution in [0.15, 0.2) is 79.9 Å². The monoisotopic (exact) mass is 461 g/mol. The highest BCUT2D eigenvalue weighted by atomic mass is 19.1. The zero-order valence-corrected chi connectivity index (χ0v) is 18.5. The van der Waals surface area contributed by atoms with E-state index < -0.39 is 35.3 Å². The minimum atomic E-state index is -1.24. The summed E-state index contributed by atoms with van der Waals surface area (Å²) in [4.78, 5) is 45.0. The second-order valence-corrected chi connectivity index (χ2v) is 7.98. The Morgan fingerprint density at radius 1 is 1.15 bits per heavy atom. The van der Waals surface area contributed by atoms with Crippen molar-refractivity contribution in [2.24, 2.45) is 5.92 Å². The maximum atomic E-state index is 13.4. The van der Waals surface area contributed by atoms with Crippen LogP contribution in [0, 0.1) is 11.7 Å². The fraction of sp³-hybridized carbons (Fsp3) is 0.231. The van der Waals surface area contributed by atoms with E-state index in [1.165, 1.54) is 17.0 Å². The lowest BCUT2D eigenvalue weighted by atomic mass is 9.86. The van der Waals surface area contributed by atoms with Crippen LogP contribution < -0.4 is 4.74 Å². The molecule has 0 radical (unpaired) electrons. The first-order valence-electron chi connectivity index (χ1n) is 10.9. The highest BCUT2D eigenvalue weighted by Gasteiger charge is 2.51. The number of carbonyl (C=O) groups excluding carboxylic acids is 3. The molecule has 0 bridgehead atoms. The number of benzene rings is 2. The number of carbonyl (C=O) groups is 3. The van der Waals surface area contributed by atoms with Crippen LogP contribution in [0.3, 0.4) is 0 Å². The van der Waals surface area contributed by atoms with Gasteiger partial charge < -0.3 is 14.2 Å². The fourth-order valence-electron chi connectivity index (χ4n) is 4.18. The standard InChI is InChI=1S/C26H24FN3O4/c1-2-15-34-21-6-3-5-19(16-21)23-22(24(31)18-7-9-20(27)10-8-18)25(32)26(33)30(23)13-4-12-29-14-11-28-17-29/h2-3,5-11,14,16-17,22-23H,1,4,12-13,15H2. The summed E-state index contributed by atoms with van der Waals surface area (Å²) in [6, 6.07) is 11.2. The van der Waals surface area contributed by atoms with Gasteiger partial charge in [0.25, 0.3) is 5.91 Å². The van der Waals surface area contributed by atoms with Gasteiger partial charge in [0.05, 0.1) is 12.4 Å². The first-order chi connectivity index (χ1) is 16.5. The molecule has 2 atom stereocenters. The zero-order chi connectivity index (χ0) is 24.1. The summed E-state index contributed by atoms with van der Waals surface area (Å²) < 4.78 is 20.9. The molecule has 2 heterocycles. The minimum Gasteiger partial charge on any atom is -0.490 e. The topological polar surface area (TPSA) is 81.5 Å². The summed E-state index contributed by atoms with van der Waals surface area (Å²) in [5, 5.41) is 0. The van der Waals surface area contributed by atoms with E-state index in [9.17, 15) is 18.8 Å². The first-order valence-corrected chi connectivity index (χ1v) is 10.9. The van der Waals surface area contributed by atoms with Crippen molar-refractivity contribution in [3.05, 3.63) is 96.9 Å². The molecule has 1 saturated heterocycles. The van der Waals surface area contributed by atoms with Gasteiger partial charge in [-0.05, 0) is 48.4 Å². The lowest BCUT2D eigenvalue weighted by molar-refractivity contribution is -0.140. The number of halogens is 1. The molecule has 0 spiro atoms. The summed E-state index contributed by atoms with van der Waals surface area (Å²) in [6.45, 7) is 4.80. The number of hydrogen-bond acceptors (Lipinski definition) is 5. The fourth-order valence-corrected chi connectivity index (χ4v) is 4.18. The predicted octanol–water partition coefficient (Wildman–Crippen LogP) is 3.63. The van der Waals surface area contributed by atoms with Gasteiger partial charge in [-0.2, -0.15) is 0 Å². The van der Waals surface area contributed by atoms with Crippen molar-refractivity contribution >= 4 is 17.5 Å². The second-order valence-electron chi connectivity index (χ2n) is 7.98. The summed E-state index contributed by atoms with van der Waals surface area (Å²) >= 11 is 0. The maximum absolute atomic E-state index is 13.4. The SMILES string of the molecule is C=CCOc1cccc(C2C(C(=O)c3ccc(F)cc3)C(=O)C(=O)N2CCCn2ccnc2)c1. The number of hydrogen-bond donors (Lipinski definition) is 0. The van der Waals surface area contributed by atoms with E-state index in [0.29, 0.717) is 30.9 Å². The number of nitrogens with zero attached hydrogens (tertiary/aromatic N) is 3. The molecule has 2 aromatic carbocycles. The number of amides is 1. The first kappa shape index (κ1) is 23.1. The summed E-state index contributed by atoms with van der Waals surface area (Å²) in [6.07, 6.45) is 7.33. The summed E-state index contributed by atoms with van der Waals surface area (Å²) in [7, 11) is 0. The Bertz CT molecular complexity index is 1190. The van der Waals surface area contributed by atoms with Gasteiger partial charge in [0, 0.05) is 31.0 Å². The Balaban J connectivity index is 1.67. The van der Waals surface area contributed by atoms with Gasteiger partial charge in [-0.1, -0.05) is 24.8 Å². The van der Waals surface area contributed by atoms with Crippen molar-refractivity contribution in [2.45, 2.75) is 19.0 Å². The predicted molar refractivity (Wildman–Crippen MR) is 123 cm³/mol. The average Bonchev–Trinajstić information content (AvgIpc) is 3.45. The van der Waals surface area contributed by atoms with Gasteiger partial charge in [0.15, 0.2) is 5.78 Å². The van der Waals surface area contributed by atoms with E-state index in [2.05, 4.69) is 11.6 Å². The number of likely N-dealkylation sites (tertiary alicyclic amines) is 1. The molecule has 3 aromatic rings. The number of imidazole rings is 1. The number of Topliss-reactive ketones (excluding diaryl/α,β-unsaturated/α-hetero) is 2. The third-order valence-corrected chi connectivity index (χ3v) is 5.76. The number of aromatic nitrogens is 2. The molecule has 34 heavy (non-hydrogen) atoms. The zero-order valence-electron chi connectivity index (χ0n) is 18.5. The highest BCUT2D eigenvalue weighted by molar-refractivity contribution is 6.44. The molecular weight excluding hydrogens is 437 g/mol. The quantitative estimate of drug-likeness (QED) is 0.199. The minimum absolute atomic E-state index is 0.178. The molecule has 1 aliphatic rings. The smallest absolute Gasteiger partial charge is 0.291 e. The Morgan fingerprint density at radius 3 is 2.65 bits per heavy atom. The Morgan fingerprint density at radius 2 is 1.94 bits per heavy atom. The van der Waals surface area contributed by atoms with Gasteiger partial charge in [-0.3, -0.25) is 14.4 Å². The van der Waals surface area contributed by atoms with Crippen LogP contribution in [0.5, 0.6) is 5.75 Å². The molecule has 4 rings (SSSR count). The maximum Gasteiger partial charge on any atom is 0.291 e. The molecule has 8 heteroatoms. The van der Waals surface area contributed by atoms with Crippen molar-refractivity contribution in [2.75, 3.05) is 13.2 Å². The third-order valence-electron chi connectivity index (χ3n) is 5.76. The lowest BCUT2D eigenvalue weighted by Crippen LogP contribution is -2.32. The third kappa shape index (κ3) is 4.80. The van der Waals surface area contributed by atoms with Crippen molar-refractivity contribution in [1.29, 1.82) is 0 Å². The van der Waals surface area contributed by atoms with Crippen LogP contribution in [-0.2, 0) is 16.1 Å². The van der Waals surface area contributed by atoms with E-state index in [1.54, 1.807) is 42.9 Å². The molecule has 174 valence electrons. The molecule has 0 N–H and O–H groups in total. The van der Waals surface area contributed by atoms with Crippen LogP contribution in [0.25, 0.3) is 0 Å². The van der Waals surface area contributed by atoms with Gasteiger partial charge >= 0.3 is 0 Å². The molecule has 1 fully saturated rings. The molecule has 2 unspecified atom stereocenters. The van der Waals surface area contributed by atoms with Crippen molar-refractivity contribution in [1.82, 2.24) is 14.5 Å². The molecule has 1 aliphatic heterocycles. The van der Waals surface area contributed by atoms with E-state index in [4.69, 9.17) is 4.74 Å². The molecule has 7 nitrogen and oxygen atoms in total. The van der Waals surface area contributed by atoms with E-state index >= 15 is 0 Å². The van der Waals surface area contributed by atoms with E-state index in [-0.39, 0.29) is 12.1 Å². The Labute approximate surface area is 196 Å². The van der Waals surface area contributed by atoms with Crippen molar-refractivity contribution in [3.8, 4) is 5.75 Å².